The van der Waals surface area contributed by atoms with Crippen LogP contribution in [0.5, 0.6) is 0 Å². The van der Waals surface area contributed by atoms with Crippen molar-refractivity contribution >= 4 is 6.09 Å². The summed E-state index contributed by atoms with van der Waals surface area (Å²) in [6.07, 6.45) is 7.64. The van der Waals surface area contributed by atoms with E-state index in [0.717, 1.165) is 38.5 Å². The van der Waals surface area contributed by atoms with Gasteiger partial charge in [-0.15, -0.1) is 6.58 Å². The van der Waals surface area contributed by atoms with Gasteiger partial charge in [-0.1, -0.05) is 25.8 Å². The molecule has 1 N–H and O–H groups in total. The molecule has 1 saturated heterocycles. The Hall–Kier alpha value is -1.03. The first-order valence-electron chi connectivity index (χ1n) is 7.27. The lowest BCUT2D eigenvalue weighted by Crippen LogP contribution is -2.55. The van der Waals surface area contributed by atoms with Crippen molar-refractivity contribution in [1.82, 2.24) is 4.90 Å². The lowest BCUT2D eigenvalue weighted by Gasteiger charge is -2.44. The molecule has 1 heterocycles. The van der Waals surface area contributed by atoms with Crippen molar-refractivity contribution in [2.45, 2.75) is 57.5 Å². The third kappa shape index (κ3) is 3.96. The van der Waals surface area contributed by atoms with Crippen LogP contribution in [-0.2, 0) is 4.74 Å². The maximum absolute atomic E-state index is 12.0. The van der Waals surface area contributed by atoms with E-state index in [9.17, 15) is 9.90 Å². The number of piperidine rings is 1. The third-order valence-electron chi connectivity index (χ3n) is 4.11. The summed E-state index contributed by atoms with van der Waals surface area (Å²) in [6.45, 7) is 5.93. The van der Waals surface area contributed by atoms with Crippen molar-refractivity contribution in [2.24, 2.45) is 5.92 Å². The number of nitrogens with zero attached hydrogens (tertiary/aromatic N) is 1. The third-order valence-corrected chi connectivity index (χ3v) is 4.11. The van der Waals surface area contributed by atoms with E-state index in [1.165, 1.54) is 7.11 Å². The Morgan fingerprint density at radius 2 is 2.26 bits per heavy atom. The molecule has 4 nitrogen and oxygen atoms in total. The summed E-state index contributed by atoms with van der Waals surface area (Å²) in [4.78, 5) is 13.7. The molecule has 1 amide bonds. The van der Waals surface area contributed by atoms with Gasteiger partial charge in [0.15, 0.2) is 0 Å². The maximum atomic E-state index is 12.0. The zero-order chi connectivity index (χ0) is 14.3. The molecule has 0 unspecified atom stereocenters. The number of likely N-dealkylation sites (tertiary alicyclic amines) is 1. The zero-order valence-corrected chi connectivity index (χ0v) is 12.2. The van der Waals surface area contributed by atoms with E-state index in [0.29, 0.717) is 5.92 Å². The molecule has 0 spiro atoms. The first-order valence-corrected chi connectivity index (χ1v) is 7.27. The van der Waals surface area contributed by atoms with Crippen LogP contribution in [-0.4, -0.2) is 41.9 Å². The second-order valence-corrected chi connectivity index (χ2v) is 5.29. The summed E-state index contributed by atoms with van der Waals surface area (Å²) in [7, 11) is 1.40. The fraction of sp³-hybridized carbons (Fsp3) is 0.800. The average molecular weight is 269 g/mol. The van der Waals surface area contributed by atoms with Crippen LogP contribution in [0.4, 0.5) is 4.79 Å². The number of aliphatic hydroxyl groups is 1. The summed E-state index contributed by atoms with van der Waals surface area (Å²) < 4.78 is 4.89. The van der Waals surface area contributed by atoms with E-state index in [1.807, 2.05) is 6.08 Å². The minimum absolute atomic E-state index is 0.0110. The number of rotatable bonds is 6. The number of carbonyl (C=O) groups excluding carboxylic acids is 1. The smallest absolute Gasteiger partial charge is 0.410 e. The van der Waals surface area contributed by atoms with Gasteiger partial charge in [-0.2, -0.15) is 0 Å². The quantitative estimate of drug-likeness (QED) is 0.754. The van der Waals surface area contributed by atoms with Crippen molar-refractivity contribution in [3.63, 3.8) is 0 Å². The van der Waals surface area contributed by atoms with Crippen molar-refractivity contribution in [2.75, 3.05) is 13.7 Å². The van der Waals surface area contributed by atoms with E-state index in [4.69, 9.17) is 4.74 Å². The number of aliphatic hydroxyl groups excluding tert-OH is 1. The summed E-state index contributed by atoms with van der Waals surface area (Å²) in [6, 6.07) is -0.00215. The molecule has 1 rings (SSSR count). The number of amides is 1. The predicted molar refractivity (Wildman–Crippen MR) is 76.0 cm³/mol. The molecule has 0 aromatic heterocycles. The van der Waals surface area contributed by atoms with Gasteiger partial charge in [0.2, 0.25) is 0 Å². The van der Waals surface area contributed by atoms with Crippen LogP contribution in [0.2, 0.25) is 0 Å². The van der Waals surface area contributed by atoms with Crippen molar-refractivity contribution in [3.8, 4) is 0 Å². The lowest BCUT2D eigenvalue weighted by atomic mass is 9.82. The molecule has 0 aromatic carbocycles. The first-order chi connectivity index (χ1) is 9.19. The Balaban J connectivity index is 2.83. The largest absolute Gasteiger partial charge is 0.453 e. The number of hydrogen-bond donors (Lipinski definition) is 1. The van der Waals surface area contributed by atoms with E-state index in [-0.39, 0.29) is 24.8 Å². The summed E-state index contributed by atoms with van der Waals surface area (Å²) in [5.74, 6) is 0.380. The Morgan fingerprint density at radius 3 is 2.79 bits per heavy atom. The second-order valence-electron chi connectivity index (χ2n) is 5.29. The van der Waals surface area contributed by atoms with E-state index >= 15 is 0 Å². The molecular formula is C15H27NO3. The minimum Gasteiger partial charge on any atom is -0.453 e. The Morgan fingerprint density at radius 1 is 1.53 bits per heavy atom. The first kappa shape index (κ1) is 16.0. The van der Waals surface area contributed by atoms with Gasteiger partial charge in [0.1, 0.15) is 0 Å². The number of carbonyl (C=O) groups is 1. The molecule has 0 saturated carbocycles. The van der Waals surface area contributed by atoms with Crippen LogP contribution >= 0.6 is 0 Å². The zero-order valence-electron chi connectivity index (χ0n) is 12.2. The highest BCUT2D eigenvalue weighted by atomic mass is 16.5. The Bertz CT molecular complexity index is 293. The van der Waals surface area contributed by atoms with Crippen LogP contribution in [0, 0.1) is 5.92 Å². The molecule has 110 valence electrons. The summed E-state index contributed by atoms with van der Waals surface area (Å²) >= 11 is 0. The molecule has 0 radical (unpaired) electrons. The van der Waals surface area contributed by atoms with E-state index < -0.39 is 0 Å². The van der Waals surface area contributed by atoms with E-state index in [1.54, 1.807) is 4.90 Å². The maximum Gasteiger partial charge on any atom is 0.410 e. The predicted octanol–water partition coefficient (Wildman–Crippen LogP) is 2.96. The van der Waals surface area contributed by atoms with Gasteiger partial charge in [-0.05, 0) is 31.6 Å². The molecule has 1 fully saturated rings. The van der Waals surface area contributed by atoms with Gasteiger partial charge in [-0.3, -0.25) is 4.90 Å². The van der Waals surface area contributed by atoms with Gasteiger partial charge in [0.05, 0.1) is 19.8 Å². The Kier molecular flexibility index (Phi) is 6.92. The Labute approximate surface area is 116 Å². The molecule has 0 bridgehead atoms. The van der Waals surface area contributed by atoms with Crippen LogP contribution in [0.3, 0.4) is 0 Å². The standard InChI is InChI=1S/C15H27NO3/c1-4-6-8-12-9-10-13(7-5-2)16(14(12)11-17)15(18)19-3/h5,12-14,17H,2,4,6-11H2,1,3H3/t12-,13-,14-/m1/s1. The molecule has 1 aliphatic rings. The number of methoxy groups -OCH3 is 1. The van der Waals surface area contributed by atoms with Gasteiger partial charge >= 0.3 is 6.09 Å². The van der Waals surface area contributed by atoms with Gasteiger partial charge in [0, 0.05) is 6.04 Å². The highest BCUT2D eigenvalue weighted by molar-refractivity contribution is 5.68. The molecular weight excluding hydrogens is 242 g/mol. The van der Waals surface area contributed by atoms with E-state index in [2.05, 4.69) is 13.5 Å². The van der Waals surface area contributed by atoms with Crippen LogP contribution in [0.1, 0.15) is 45.4 Å². The van der Waals surface area contributed by atoms with Crippen molar-refractivity contribution < 1.29 is 14.6 Å². The normalized spacial score (nSPS) is 27.1. The number of hydrogen-bond acceptors (Lipinski definition) is 3. The van der Waals surface area contributed by atoms with Crippen LogP contribution in [0.15, 0.2) is 12.7 Å². The monoisotopic (exact) mass is 269 g/mol. The lowest BCUT2D eigenvalue weighted by molar-refractivity contribution is 0.00497. The van der Waals surface area contributed by atoms with Crippen LogP contribution < -0.4 is 0 Å². The number of unbranched alkanes of at least 4 members (excludes halogenated alkanes) is 1. The van der Waals surface area contributed by atoms with Gasteiger partial charge < -0.3 is 9.84 Å². The van der Waals surface area contributed by atoms with Crippen molar-refractivity contribution in [3.05, 3.63) is 12.7 Å². The summed E-state index contributed by atoms with van der Waals surface area (Å²) in [5.41, 5.74) is 0. The molecule has 19 heavy (non-hydrogen) atoms. The molecule has 0 aromatic rings. The molecule has 0 aliphatic carbocycles. The molecule has 1 aliphatic heterocycles. The van der Waals surface area contributed by atoms with Gasteiger partial charge in [0.25, 0.3) is 0 Å². The highest BCUT2D eigenvalue weighted by Gasteiger charge is 2.39. The SMILES string of the molecule is C=CC[C@@H]1CC[C@@H](CCCC)[C@@H](CO)N1C(=O)OC. The topological polar surface area (TPSA) is 49.8 Å². The number of ether oxygens (including phenoxy) is 1. The average Bonchev–Trinajstić information content (AvgIpc) is 2.44. The fourth-order valence-corrected chi connectivity index (χ4v) is 3.09. The molecule has 3 atom stereocenters. The fourth-order valence-electron chi connectivity index (χ4n) is 3.09. The second kappa shape index (κ2) is 8.20. The minimum atomic E-state index is -0.327. The van der Waals surface area contributed by atoms with Crippen molar-refractivity contribution in [1.29, 1.82) is 0 Å². The highest BCUT2D eigenvalue weighted by Crippen LogP contribution is 2.33. The van der Waals surface area contributed by atoms with Crippen LogP contribution in [0.25, 0.3) is 0 Å². The summed E-state index contributed by atoms with van der Waals surface area (Å²) in [5, 5.41) is 9.69. The van der Waals surface area contributed by atoms with Gasteiger partial charge in [-0.25, -0.2) is 4.79 Å². The molecule has 4 heteroatoms.